The first-order chi connectivity index (χ1) is 9.13. The lowest BCUT2D eigenvalue weighted by Gasteiger charge is -2.35. The molecule has 2 aliphatic rings. The Morgan fingerprint density at radius 1 is 1.26 bits per heavy atom. The summed E-state index contributed by atoms with van der Waals surface area (Å²) < 4.78 is 5.20. The van der Waals surface area contributed by atoms with E-state index in [1.165, 1.54) is 0 Å². The highest BCUT2D eigenvalue weighted by atomic mass is 16.5. The van der Waals surface area contributed by atoms with Gasteiger partial charge in [0.15, 0.2) is 6.10 Å². The number of ether oxygens (including phenoxy) is 1. The molecule has 1 heterocycles. The third-order valence-electron chi connectivity index (χ3n) is 3.92. The Balaban J connectivity index is 2.05. The largest absolute Gasteiger partial charge is 0.481 e. The number of aliphatic carboxylic acids is 1. The molecule has 0 aromatic carbocycles. The molecule has 0 aromatic rings. The number of morpholine rings is 1. The minimum atomic E-state index is -0.886. The number of carbonyl (C=O) groups excluding carboxylic acids is 1. The Bertz CT molecular complexity index is 404. The average molecular weight is 266 g/mol. The van der Waals surface area contributed by atoms with Crippen LogP contribution in [-0.4, -0.2) is 47.7 Å². The van der Waals surface area contributed by atoms with Gasteiger partial charge in [0, 0.05) is 6.54 Å². The minimum absolute atomic E-state index is 0.129. The summed E-state index contributed by atoms with van der Waals surface area (Å²) in [7, 11) is 0. The van der Waals surface area contributed by atoms with Gasteiger partial charge in [-0.3, -0.25) is 9.59 Å². The summed E-state index contributed by atoms with van der Waals surface area (Å²) in [5.74, 6) is -2.04. The Hall–Kier alpha value is -1.61. The first kappa shape index (κ1) is 13.8. The summed E-state index contributed by atoms with van der Waals surface area (Å²) >= 11 is 0. The molecule has 6 heteroatoms. The topological polar surface area (TPSA) is 90.6 Å². The Morgan fingerprint density at radius 2 is 1.95 bits per heavy atom. The van der Waals surface area contributed by atoms with Crippen LogP contribution in [-0.2, 0) is 14.3 Å². The Labute approximate surface area is 111 Å². The van der Waals surface area contributed by atoms with E-state index in [0.29, 0.717) is 26.0 Å². The van der Waals surface area contributed by atoms with E-state index in [-0.39, 0.29) is 12.5 Å². The third-order valence-corrected chi connectivity index (χ3v) is 3.92. The molecule has 2 fully saturated rings. The minimum Gasteiger partial charge on any atom is -0.481 e. The monoisotopic (exact) mass is 266 g/mol. The smallest absolute Gasteiger partial charge is 0.307 e. The van der Waals surface area contributed by atoms with Gasteiger partial charge in [0.05, 0.1) is 31.1 Å². The first-order valence-electron chi connectivity index (χ1n) is 6.66. The number of carbonyl (C=O) groups is 2. The molecule has 1 saturated carbocycles. The molecule has 0 radical (unpaired) electrons. The van der Waals surface area contributed by atoms with Crippen LogP contribution in [0.2, 0.25) is 0 Å². The summed E-state index contributed by atoms with van der Waals surface area (Å²) in [6.45, 7) is 1.03. The molecule has 0 bridgehead atoms. The SMILES string of the molecule is N#CC1CN(C(=O)[C@@H]2CCCC[C@@H]2C(=O)O)CCO1. The van der Waals surface area contributed by atoms with Gasteiger partial charge in [0.1, 0.15) is 0 Å². The van der Waals surface area contributed by atoms with Gasteiger partial charge < -0.3 is 14.7 Å². The summed E-state index contributed by atoms with van der Waals surface area (Å²) in [6.07, 6.45) is 2.36. The van der Waals surface area contributed by atoms with Gasteiger partial charge in [-0.25, -0.2) is 0 Å². The molecule has 1 aliphatic heterocycles. The zero-order valence-electron chi connectivity index (χ0n) is 10.7. The second-order valence-corrected chi connectivity index (χ2v) is 5.11. The van der Waals surface area contributed by atoms with Crippen LogP contribution >= 0.6 is 0 Å². The van der Waals surface area contributed by atoms with Gasteiger partial charge >= 0.3 is 5.97 Å². The molecule has 0 spiro atoms. The van der Waals surface area contributed by atoms with Crippen LogP contribution in [0.15, 0.2) is 0 Å². The zero-order valence-corrected chi connectivity index (χ0v) is 10.7. The van der Waals surface area contributed by atoms with Gasteiger partial charge in [0.25, 0.3) is 0 Å². The van der Waals surface area contributed by atoms with E-state index >= 15 is 0 Å². The van der Waals surface area contributed by atoms with Crippen LogP contribution in [0.4, 0.5) is 0 Å². The van der Waals surface area contributed by atoms with Crippen LogP contribution in [0.25, 0.3) is 0 Å². The van der Waals surface area contributed by atoms with E-state index in [0.717, 1.165) is 12.8 Å². The van der Waals surface area contributed by atoms with Gasteiger partial charge in [0.2, 0.25) is 5.91 Å². The van der Waals surface area contributed by atoms with Gasteiger partial charge in [-0.1, -0.05) is 12.8 Å². The molecule has 1 amide bonds. The summed E-state index contributed by atoms with van der Waals surface area (Å²) in [6, 6.07) is 1.99. The number of carboxylic acids is 1. The van der Waals surface area contributed by atoms with Crippen molar-refractivity contribution in [2.24, 2.45) is 11.8 Å². The lowest BCUT2D eigenvalue weighted by molar-refractivity contribution is -0.154. The van der Waals surface area contributed by atoms with E-state index < -0.39 is 23.9 Å². The van der Waals surface area contributed by atoms with Crippen LogP contribution in [0.1, 0.15) is 25.7 Å². The Morgan fingerprint density at radius 3 is 2.58 bits per heavy atom. The second-order valence-electron chi connectivity index (χ2n) is 5.11. The van der Waals surface area contributed by atoms with Crippen LogP contribution in [0.3, 0.4) is 0 Å². The number of carboxylic acid groups (broad SMARTS) is 1. The standard InChI is InChI=1S/C13H18N2O4/c14-7-9-8-15(5-6-19-9)12(16)10-3-1-2-4-11(10)13(17)18/h9-11H,1-6,8H2,(H,17,18)/t9?,10-,11+/m1/s1. The van der Waals surface area contributed by atoms with Crippen molar-refractivity contribution in [2.45, 2.75) is 31.8 Å². The van der Waals surface area contributed by atoms with Gasteiger partial charge in [-0.15, -0.1) is 0 Å². The highest BCUT2D eigenvalue weighted by Crippen LogP contribution is 2.32. The highest BCUT2D eigenvalue weighted by molar-refractivity contribution is 5.85. The number of nitriles is 1. The summed E-state index contributed by atoms with van der Waals surface area (Å²) in [5, 5.41) is 18.0. The normalized spacial score (nSPS) is 31.5. The fourth-order valence-corrected chi connectivity index (χ4v) is 2.88. The van der Waals surface area contributed by atoms with Crippen molar-refractivity contribution in [1.29, 1.82) is 5.26 Å². The van der Waals surface area contributed by atoms with Crippen molar-refractivity contribution in [3.63, 3.8) is 0 Å². The molecule has 19 heavy (non-hydrogen) atoms. The maximum Gasteiger partial charge on any atom is 0.307 e. The van der Waals surface area contributed by atoms with Crippen LogP contribution in [0, 0.1) is 23.2 Å². The molecule has 6 nitrogen and oxygen atoms in total. The van der Waals surface area contributed by atoms with Gasteiger partial charge in [-0.05, 0) is 12.8 Å². The third kappa shape index (κ3) is 3.04. The predicted molar refractivity (Wildman–Crippen MR) is 65.0 cm³/mol. The molecule has 0 aromatic heterocycles. The maximum absolute atomic E-state index is 12.4. The molecule has 3 atom stereocenters. The molecule has 1 N–H and O–H groups in total. The molecule has 2 rings (SSSR count). The molecule has 1 aliphatic carbocycles. The van der Waals surface area contributed by atoms with E-state index in [9.17, 15) is 14.7 Å². The van der Waals surface area contributed by atoms with E-state index in [4.69, 9.17) is 10.00 Å². The lowest BCUT2D eigenvalue weighted by Crippen LogP contribution is -2.49. The lowest BCUT2D eigenvalue weighted by atomic mass is 9.78. The fraction of sp³-hybridized carbons (Fsp3) is 0.769. The summed E-state index contributed by atoms with van der Waals surface area (Å²) in [5.41, 5.74) is 0. The first-order valence-corrected chi connectivity index (χ1v) is 6.66. The molecular formula is C13H18N2O4. The van der Waals surface area contributed by atoms with Crippen LogP contribution in [0.5, 0.6) is 0 Å². The zero-order chi connectivity index (χ0) is 13.8. The van der Waals surface area contributed by atoms with Crippen molar-refractivity contribution >= 4 is 11.9 Å². The second kappa shape index (κ2) is 6.02. The van der Waals surface area contributed by atoms with Crippen LogP contribution < -0.4 is 0 Å². The maximum atomic E-state index is 12.4. The number of hydrogen-bond acceptors (Lipinski definition) is 4. The average Bonchev–Trinajstić information content (AvgIpc) is 2.46. The van der Waals surface area contributed by atoms with E-state index in [1.807, 2.05) is 6.07 Å². The summed E-state index contributed by atoms with van der Waals surface area (Å²) in [4.78, 5) is 25.2. The number of hydrogen-bond donors (Lipinski definition) is 1. The number of amides is 1. The fourth-order valence-electron chi connectivity index (χ4n) is 2.88. The van der Waals surface area contributed by atoms with E-state index in [2.05, 4.69) is 0 Å². The predicted octanol–water partition coefficient (Wildman–Crippen LogP) is 0.628. The number of nitrogens with zero attached hydrogens (tertiary/aromatic N) is 2. The van der Waals surface area contributed by atoms with E-state index in [1.54, 1.807) is 4.90 Å². The highest BCUT2D eigenvalue weighted by Gasteiger charge is 2.39. The van der Waals surface area contributed by atoms with Crippen molar-refractivity contribution in [1.82, 2.24) is 4.90 Å². The molecular weight excluding hydrogens is 248 g/mol. The van der Waals surface area contributed by atoms with Crippen molar-refractivity contribution in [3.05, 3.63) is 0 Å². The van der Waals surface area contributed by atoms with Crippen molar-refractivity contribution in [2.75, 3.05) is 19.7 Å². The molecule has 1 saturated heterocycles. The molecule has 104 valence electrons. The number of rotatable bonds is 2. The van der Waals surface area contributed by atoms with Crippen molar-refractivity contribution < 1.29 is 19.4 Å². The van der Waals surface area contributed by atoms with Gasteiger partial charge in [-0.2, -0.15) is 5.26 Å². The van der Waals surface area contributed by atoms with Crippen molar-refractivity contribution in [3.8, 4) is 6.07 Å². The quantitative estimate of drug-likeness (QED) is 0.791. The molecule has 1 unspecified atom stereocenters. The Kier molecular flexibility index (Phi) is 4.38.